The summed E-state index contributed by atoms with van der Waals surface area (Å²) in [5.41, 5.74) is 0.912. The smallest absolute Gasteiger partial charge is 0.127 e. The van der Waals surface area contributed by atoms with E-state index < -0.39 is 6.17 Å². The molecule has 0 spiro atoms. The van der Waals surface area contributed by atoms with Crippen LogP contribution in [0.25, 0.3) is 10.9 Å². The number of methoxy groups -OCH3 is 2. The molecule has 2 aromatic carbocycles. The number of halogens is 2. The van der Waals surface area contributed by atoms with Crippen molar-refractivity contribution < 1.29 is 19.0 Å². The van der Waals surface area contributed by atoms with Gasteiger partial charge < -0.3 is 19.5 Å². The third-order valence-corrected chi connectivity index (χ3v) is 8.91. The molecule has 1 aliphatic heterocycles. The Morgan fingerprint density at radius 1 is 1.11 bits per heavy atom. The number of hydrogen-bond acceptors (Lipinski definition) is 6. The minimum Gasteiger partial charge on any atom is -0.497 e. The maximum absolute atomic E-state index is 15.6. The van der Waals surface area contributed by atoms with Crippen molar-refractivity contribution in [3.05, 3.63) is 59.2 Å². The fraction of sp³-hybridized carbons (Fsp3) is 0.483. The number of piperidine rings is 1. The Kier molecular flexibility index (Phi) is 9.93. The van der Waals surface area contributed by atoms with Crippen molar-refractivity contribution in [1.29, 1.82) is 0 Å². The fourth-order valence-electron chi connectivity index (χ4n) is 5.08. The van der Waals surface area contributed by atoms with E-state index >= 15 is 4.39 Å². The number of alkyl halides is 1. The molecule has 1 unspecified atom stereocenters. The van der Waals surface area contributed by atoms with Gasteiger partial charge in [-0.3, -0.25) is 4.98 Å². The Balaban J connectivity index is 1.27. The minimum atomic E-state index is -1.23. The van der Waals surface area contributed by atoms with Crippen LogP contribution in [-0.2, 0) is 0 Å². The molecular formula is C29H36ClFN2O3S. The summed E-state index contributed by atoms with van der Waals surface area (Å²) in [6.45, 7) is 2.98. The molecule has 0 saturated carbocycles. The van der Waals surface area contributed by atoms with Crippen molar-refractivity contribution in [2.24, 2.45) is 5.41 Å². The van der Waals surface area contributed by atoms with Crippen LogP contribution in [0.15, 0.2) is 53.6 Å². The molecule has 5 nitrogen and oxygen atoms in total. The van der Waals surface area contributed by atoms with Gasteiger partial charge in [0.2, 0.25) is 0 Å². The van der Waals surface area contributed by atoms with Crippen LogP contribution in [-0.4, -0.2) is 61.2 Å². The molecule has 0 aliphatic carbocycles. The number of nitrogens with zero attached hydrogens (tertiary/aromatic N) is 2. The molecule has 0 amide bonds. The molecular weight excluding hydrogens is 511 g/mol. The number of ether oxygens (including phenoxy) is 2. The second kappa shape index (κ2) is 13.1. The van der Waals surface area contributed by atoms with E-state index in [1.807, 2.05) is 36.0 Å². The van der Waals surface area contributed by atoms with Crippen molar-refractivity contribution in [2.45, 2.75) is 43.2 Å². The zero-order valence-electron chi connectivity index (χ0n) is 21.6. The predicted molar refractivity (Wildman–Crippen MR) is 150 cm³/mol. The molecule has 4 rings (SSSR count). The average molecular weight is 547 g/mol. The van der Waals surface area contributed by atoms with Crippen LogP contribution in [0.5, 0.6) is 11.5 Å². The standard InChI is InChI=1S/C29H36ClFN2O3S/c1-35-21-4-7-23(8-5-21)37-17-3-14-33-15-12-29(20-34,13-16-33)11-10-26(31)28-24-18-22(36-2)6-9-27(24)32-19-25(28)30/h4-9,18-19,26,34H,3,10-17,20H2,1-2H3. The average Bonchev–Trinajstić information content (AvgIpc) is 2.94. The number of aliphatic hydroxyl groups is 1. The van der Waals surface area contributed by atoms with Crippen molar-refractivity contribution >= 4 is 34.3 Å². The number of aliphatic hydroxyl groups excluding tert-OH is 1. The quantitative estimate of drug-likeness (QED) is 0.196. The van der Waals surface area contributed by atoms with Crippen LogP contribution in [0.1, 0.15) is 43.8 Å². The topological polar surface area (TPSA) is 54.8 Å². The number of aromatic nitrogens is 1. The summed E-state index contributed by atoms with van der Waals surface area (Å²) in [6, 6.07) is 13.6. The van der Waals surface area contributed by atoms with Crippen LogP contribution < -0.4 is 9.47 Å². The normalized spacial score (nSPS) is 16.6. The van der Waals surface area contributed by atoms with Crippen molar-refractivity contribution in [3.8, 4) is 11.5 Å². The van der Waals surface area contributed by atoms with Gasteiger partial charge in [0.1, 0.15) is 17.7 Å². The molecule has 200 valence electrons. The molecule has 1 fully saturated rings. The van der Waals surface area contributed by atoms with Gasteiger partial charge in [-0.15, -0.1) is 11.8 Å². The maximum atomic E-state index is 15.6. The molecule has 0 radical (unpaired) electrons. The molecule has 37 heavy (non-hydrogen) atoms. The van der Waals surface area contributed by atoms with Gasteiger partial charge in [0, 0.05) is 28.6 Å². The van der Waals surface area contributed by atoms with Crippen LogP contribution in [0.3, 0.4) is 0 Å². The lowest BCUT2D eigenvalue weighted by molar-refractivity contribution is 0.0304. The number of pyridine rings is 1. The molecule has 1 N–H and O–H groups in total. The number of hydrogen-bond donors (Lipinski definition) is 1. The Morgan fingerprint density at radius 2 is 1.81 bits per heavy atom. The van der Waals surface area contributed by atoms with Gasteiger partial charge in [-0.25, -0.2) is 4.39 Å². The predicted octanol–water partition coefficient (Wildman–Crippen LogP) is 6.95. The first-order valence-corrected chi connectivity index (χ1v) is 14.2. The van der Waals surface area contributed by atoms with Gasteiger partial charge in [-0.2, -0.15) is 0 Å². The van der Waals surface area contributed by atoms with Crippen molar-refractivity contribution in [2.75, 3.05) is 46.2 Å². The van der Waals surface area contributed by atoms with Gasteiger partial charge in [0.25, 0.3) is 0 Å². The van der Waals surface area contributed by atoms with E-state index in [1.165, 1.54) is 11.1 Å². The highest BCUT2D eigenvalue weighted by Gasteiger charge is 2.35. The number of thioether (sulfide) groups is 1. The Morgan fingerprint density at radius 3 is 2.49 bits per heavy atom. The van der Waals surface area contributed by atoms with Crippen molar-refractivity contribution in [3.63, 3.8) is 0 Å². The van der Waals surface area contributed by atoms with E-state index in [1.54, 1.807) is 20.3 Å². The van der Waals surface area contributed by atoms with E-state index in [4.69, 9.17) is 21.1 Å². The van der Waals surface area contributed by atoms with E-state index in [-0.39, 0.29) is 12.0 Å². The highest BCUT2D eigenvalue weighted by Crippen LogP contribution is 2.42. The first-order chi connectivity index (χ1) is 18.0. The zero-order chi connectivity index (χ0) is 26.3. The molecule has 8 heteroatoms. The van der Waals surface area contributed by atoms with E-state index in [2.05, 4.69) is 22.0 Å². The number of benzene rings is 2. The zero-order valence-corrected chi connectivity index (χ0v) is 23.2. The molecule has 0 bridgehead atoms. The first kappa shape index (κ1) is 28.0. The molecule has 1 saturated heterocycles. The lowest BCUT2D eigenvalue weighted by Crippen LogP contribution is -2.42. The molecule has 1 atom stereocenters. The number of fused-ring (bicyclic) bond motifs is 1. The van der Waals surface area contributed by atoms with Crippen LogP contribution >= 0.6 is 23.4 Å². The molecule has 1 aromatic heterocycles. The SMILES string of the molecule is COc1ccc(SCCCN2CCC(CO)(CCC(F)c3c(Cl)cnc4ccc(OC)cc34)CC2)cc1. The second-order valence-corrected chi connectivity index (χ2v) is 11.4. The summed E-state index contributed by atoms with van der Waals surface area (Å²) in [7, 11) is 3.26. The monoisotopic (exact) mass is 546 g/mol. The largest absolute Gasteiger partial charge is 0.497 e. The van der Waals surface area contributed by atoms with Gasteiger partial charge in [-0.05, 0) is 105 Å². The Bertz CT molecular complexity index is 1160. The third-order valence-electron chi connectivity index (χ3n) is 7.51. The lowest BCUT2D eigenvalue weighted by Gasteiger charge is -2.41. The fourth-order valence-corrected chi connectivity index (χ4v) is 6.19. The summed E-state index contributed by atoms with van der Waals surface area (Å²) in [6.07, 6.45) is 4.07. The first-order valence-electron chi connectivity index (χ1n) is 12.8. The van der Waals surface area contributed by atoms with E-state index in [0.29, 0.717) is 40.1 Å². The Labute approximate surface area is 228 Å². The van der Waals surface area contributed by atoms with Crippen LogP contribution in [0.2, 0.25) is 5.02 Å². The Hall–Kier alpha value is -2.06. The van der Waals surface area contributed by atoms with Crippen molar-refractivity contribution in [1.82, 2.24) is 9.88 Å². The summed E-state index contributed by atoms with van der Waals surface area (Å²) in [4.78, 5) is 8.05. The second-order valence-electron chi connectivity index (χ2n) is 9.79. The highest BCUT2D eigenvalue weighted by molar-refractivity contribution is 7.99. The summed E-state index contributed by atoms with van der Waals surface area (Å²) < 4.78 is 26.2. The van der Waals surface area contributed by atoms with E-state index in [0.717, 1.165) is 50.4 Å². The summed E-state index contributed by atoms with van der Waals surface area (Å²) in [5, 5.41) is 11.3. The lowest BCUT2D eigenvalue weighted by atomic mass is 9.74. The number of rotatable bonds is 12. The third kappa shape index (κ3) is 7.08. The maximum Gasteiger partial charge on any atom is 0.127 e. The van der Waals surface area contributed by atoms with Gasteiger partial charge >= 0.3 is 0 Å². The van der Waals surface area contributed by atoms with Crippen LogP contribution in [0.4, 0.5) is 4.39 Å². The summed E-state index contributed by atoms with van der Waals surface area (Å²) in [5.74, 6) is 2.58. The van der Waals surface area contributed by atoms with Gasteiger partial charge in [0.15, 0.2) is 0 Å². The molecule has 2 heterocycles. The van der Waals surface area contributed by atoms with Gasteiger partial charge in [0.05, 0.1) is 24.8 Å². The van der Waals surface area contributed by atoms with Gasteiger partial charge in [-0.1, -0.05) is 11.6 Å². The van der Waals surface area contributed by atoms with Crippen LogP contribution in [0, 0.1) is 5.41 Å². The molecule has 3 aromatic rings. The number of likely N-dealkylation sites (tertiary alicyclic amines) is 1. The minimum absolute atomic E-state index is 0.0829. The highest BCUT2D eigenvalue weighted by atomic mass is 35.5. The van der Waals surface area contributed by atoms with E-state index in [9.17, 15) is 5.11 Å². The molecule has 1 aliphatic rings. The summed E-state index contributed by atoms with van der Waals surface area (Å²) >= 11 is 8.27.